The molecule has 98 valence electrons. The van der Waals surface area contributed by atoms with E-state index in [1.165, 1.54) is 24.0 Å². The Bertz CT molecular complexity index is 543. The van der Waals surface area contributed by atoms with Gasteiger partial charge in [-0.05, 0) is 36.0 Å². The van der Waals surface area contributed by atoms with Crippen LogP contribution in [0.1, 0.15) is 35.4 Å². The lowest BCUT2D eigenvalue weighted by Crippen LogP contribution is -2.12. The molecular weight excluding hydrogens is 234 g/mol. The Hall–Kier alpha value is -1.80. The summed E-state index contributed by atoms with van der Waals surface area (Å²) in [6, 6.07) is 16.3. The molecule has 2 aromatic rings. The maximum Gasteiger partial charge on any atom is 0.120 e. The van der Waals surface area contributed by atoms with Gasteiger partial charge in [-0.1, -0.05) is 42.5 Å². The molecule has 0 aliphatic heterocycles. The first-order valence-corrected chi connectivity index (χ1v) is 6.89. The predicted octanol–water partition coefficient (Wildman–Crippen LogP) is 3.56. The first-order valence-electron chi connectivity index (χ1n) is 6.89. The number of aromatic hydroxyl groups is 1. The average Bonchev–Trinajstić information content (AvgIpc) is 3.26. The van der Waals surface area contributed by atoms with Crippen molar-refractivity contribution in [3.05, 3.63) is 65.2 Å². The van der Waals surface area contributed by atoms with Crippen LogP contribution in [-0.4, -0.2) is 5.11 Å². The van der Waals surface area contributed by atoms with Gasteiger partial charge in [0, 0.05) is 18.7 Å². The summed E-state index contributed by atoms with van der Waals surface area (Å²) in [6.45, 7) is 1.52. The summed E-state index contributed by atoms with van der Waals surface area (Å²) in [5.74, 6) is 1.18. The topological polar surface area (TPSA) is 32.3 Å². The lowest BCUT2D eigenvalue weighted by atomic mass is 10.1. The number of hydrogen-bond donors (Lipinski definition) is 2. The molecule has 3 rings (SSSR count). The van der Waals surface area contributed by atoms with Gasteiger partial charge in [0.2, 0.25) is 0 Å². The molecule has 1 saturated carbocycles. The van der Waals surface area contributed by atoms with E-state index in [-0.39, 0.29) is 0 Å². The van der Waals surface area contributed by atoms with Gasteiger partial charge >= 0.3 is 0 Å². The van der Waals surface area contributed by atoms with Crippen LogP contribution in [0.5, 0.6) is 5.75 Å². The molecule has 1 aliphatic rings. The minimum absolute atomic E-state index is 0.360. The average molecular weight is 253 g/mol. The molecule has 2 N–H and O–H groups in total. The van der Waals surface area contributed by atoms with Crippen LogP contribution < -0.4 is 5.32 Å². The Morgan fingerprint density at radius 1 is 0.947 bits per heavy atom. The minimum Gasteiger partial charge on any atom is -0.508 e. The predicted molar refractivity (Wildman–Crippen MR) is 77.1 cm³/mol. The number of benzene rings is 2. The highest BCUT2D eigenvalue weighted by atomic mass is 16.3. The SMILES string of the molecule is Oc1ccccc1CNCc1ccc(C2CC2)cc1. The number of nitrogens with one attached hydrogen (secondary N) is 1. The van der Waals surface area contributed by atoms with Gasteiger partial charge in [0.1, 0.15) is 5.75 Å². The number of phenolic OH excluding ortho intramolecular Hbond substituents is 1. The largest absolute Gasteiger partial charge is 0.508 e. The van der Waals surface area contributed by atoms with Crippen LogP contribution in [0.3, 0.4) is 0 Å². The summed E-state index contributed by atoms with van der Waals surface area (Å²) in [4.78, 5) is 0. The molecule has 0 saturated heterocycles. The highest BCUT2D eigenvalue weighted by molar-refractivity contribution is 5.32. The van der Waals surface area contributed by atoms with Gasteiger partial charge in [0.25, 0.3) is 0 Å². The first-order chi connectivity index (χ1) is 9.33. The Kier molecular flexibility index (Phi) is 3.51. The van der Waals surface area contributed by atoms with Crippen molar-refractivity contribution in [2.45, 2.75) is 31.8 Å². The molecule has 0 aromatic heterocycles. The third-order valence-electron chi connectivity index (χ3n) is 3.66. The van der Waals surface area contributed by atoms with E-state index in [1.807, 2.05) is 18.2 Å². The number of hydrogen-bond acceptors (Lipinski definition) is 2. The molecule has 0 bridgehead atoms. The highest BCUT2D eigenvalue weighted by Gasteiger charge is 2.22. The van der Waals surface area contributed by atoms with E-state index in [2.05, 4.69) is 29.6 Å². The highest BCUT2D eigenvalue weighted by Crippen LogP contribution is 2.39. The molecule has 0 unspecified atom stereocenters. The lowest BCUT2D eigenvalue weighted by Gasteiger charge is -2.07. The van der Waals surface area contributed by atoms with Gasteiger partial charge in [-0.25, -0.2) is 0 Å². The third-order valence-corrected chi connectivity index (χ3v) is 3.66. The Balaban J connectivity index is 1.53. The third kappa shape index (κ3) is 3.15. The normalized spacial score (nSPS) is 14.5. The van der Waals surface area contributed by atoms with E-state index in [1.54, 1.807) is 6.07 Å². The summed E-state index contributed by atoms with van der Waals surface area (Å²) in [6.07, 6.45) is 2.70. The van der Waals surface area contributed by atoms with Crippen LogP contribution >= 0.6 is 0 Å². The maximum atomic E-state index is 9.67. The van der Waals surface area contributed by atoms with Crippen LogP contribution in [0, 0.1) is 0 Å². The van der Waals surface area contributed by atoms with Crippen LogP contribution in [-0.2, 0) is 13.1 Å². The molecule has 1 aliphatic carbocycles. The monoisotopic (exact) mass is 253 g/mol. The summed E-state index contributed by atoms with van der Waals surface area (Å²) < 4.78 is 0. The van der Waals surface area contributed by atoms with E-state index in [4.69, 9.17) is 0 Å². The maximum absolute atomic E-state index is 9.67. The fourth-order valence-electron chi connectivity index (χ4n) is 2.33. The molecule has 0 atom stereocenters. The fraction of sp³-hybridized carbons (Fsp3) is 0.294. The van der Waals surface area contributed by atoms with Crippen LogP contribution in [0.2, 0.25) is 0 Å². The second kappa shape index (κ2) is 5.45. The van der Waals surface area contributed by atoms with Gasteiger partial charge in [-0.15, -0.1) is 0 Å². The van der Waals surface area contributed by atoms with Crippen LogP contribution in [0.25, 0.3) is 0 Å². The second-order valence-corrected chi connectivity index (χ2v) is 5.25. The zero-order valence-electron chi connectivity index (χ0n) is 11.0. The van der Waals surface area contributed by atoms with Gasteiger partial charge in [-0.3, -0.25) is 0 Å². The van der Waals surface area contributed by atoms with Crippen molar-refractivity contribution in [1.29, 1.82) is 0 Å². The van der Waals surface area contributed by atoms with Crippen molar-refractivity contribution in [1.82, 2.24) is 5.32 Å². The van der Waals surface area contributed by atoms with Crippen molar-refractivity contribution in [2.24, 2.45) is 0 Å². The van der Waals surface area contributed by atoms with E-state index < -0.39 is 0 Å². The molecule has 0 heterocycles. The summed E-state index contributed by atoms with van der Waals surface area (Å²) in [5.41, 5.74) is 3.71. The van der Waals surface area contributed by atoms with Gasteiger partial charge in [-0.2, -0.15) is 0 Å². The molecule has 0 spiro atoms. The van der Waals surface area contributed by atoms with Gasteiger partial charge in [0.15, 0.2) is 0 Å². The van der Waals surface area contributed by atoms with Crippen molar-refractivity contribution in [3.8, 4) is 5.75 Å². The lowest BCUT2D eigenvalue weighted by molar-refractivity contribution is 0.464. The molecule has 2 heteroatoms. The zero-order chi connectivity index (χ0) is 13.1. The van der Waals surface area contributed by atoms with Crippen molar-refractivity contribution in [2.75, 3.05) is 0 Å². The van der Waals surface area contributed by atoms with E-state index in [0.29, 0.717) is 12.3 Å². The molecule has 2 aromatic carbocycles. The molecule has 2 nitrogen and oxygen atoms in total. The second-order valence-electron chi connectivity index (χ2n) is 5.25. The Morgan fingerprint density at radius 3 is 2.37 bits per heavy atom. The number of para-hydroxylation sites is 1. The van der Waals surface area contributed by atoms with Crippen molar-refractivity contribution in [3.63, 3.8) is 0 Å². The standard InChI is InChI=1S/C17H19NO/c19-17-4-2-1-3-16(17)12-18-11-13-5-7-14(8-6-13)15-9-10-15/h1-8,15,18-19H,9-12H2. The van der Waals surface area contributed by atoms with E-state index >= 15 is 0 Å². The summed E-state index contributed by atoms with van der Waals surface area (Å²) in [5, 5.41) is 13.0. The quantitative estimate of drug-likeness (QED) is 0.854. The van der Waals surface area contributed by atoms with E-state index in [0.717, 1.165) is 18.0 Å². The number of rotatable bonds is 5. The Labute approximate surface area is 114 Å². The molecule has 19 heavy (non-hydrogen) atoms. The van der Waals surface area contributed by atoms with Crippen LogP contribution in [0.4, 0.5) is 0 Å². The fourth-order valence-corrected chi connectivity index (χ4v) is 2.33. The van der Waals surface area contributed by atoms with Crippen molar-refractivity contribution < 1.29 is 5.11 Å². The zero-order valence-corrected chi connectivity index (χ0v) is 11.0. The van der Waals surface area contributed by atoms with Gasteiger partial charge in [0.05, 0.1) is 0 Å². The molecule has 0 amide bonds. The van der Waals surface area contributed by atoms with Crippen LogP contribution in [0.15, 0.2) is 48.5 Å². The summed E-state index contributed by atoms with van der Waals surface area (Å²) >= 11 is 0. The number of phenols is 1. The smallest absolute Gasteiger partial charge is 0.120 e. The van der Waals surface area contributed by atoms with E-state index in [9.17, 15) is 5.11 Å². The molecule has 0 radical (unpaired) electrons. The minimum atomic E-state index is 0.360. The molecule has 1 fully saturated rings. The summed E-state index contributed by atoms with van der Waals surface area (Å²) in [7, 11) is 0. The molecular formula is C17H19NO. The van der Waals surface area contributed by atoms with Gasteiger partial charge < -0.3 is 10.4 Å². The Morgan fingerprint density at radius 2 is 1.68 bits per heavy atom. The first kappa shape index (κ1) is 12.2. The van der Waals surface area contributed by atoms with Crippen molar-refractivity contribution >= 4 is 0 Å².